The second-order valence-corrected chi connectivity index (χ2v) is 11.1. The number of halogens is 3. The molecule has 4 aliphatic rings. The number of alkyl halides is 3. The summed E-state index contributed by atoms with van der Waals surface area (Å²) in [6.07, 6.45) is -0.410. The Morgan fingerprint density at radius 1 is 1.27 bits per heavy atom. The Bertz CT molecular complexity index is 1260. The van der Waals surface area contributed by atoms with E-state index in [1.54, 1.807) is 12.1 Å². The van der Waals surface area contributed by atoms with E-state index in [2.05, 4.69) is 10.3 Å². The third-order valence-corrected chi connectivity index (χ3v) is 7.96. The van der Waals surface area contributed by atoms with E-state index in [4.69, 9.17) is 4.74 Å². The fraction of sp³-hybridized carbons (Fsp3) is 0.615. The minimum Gasteiger partial charge on any atom is -0.472 e. The van der Waals surface area contributed by atoms with Gasteiger partial charge in [-0.05, 0) is 36.8 Å². The van der Waals surface area contributed by atoms with Crippen molar-refractivity contribution >= 4 is 29.4 Å². The van der Waals surface area contributed by atoms with Crippen molar-refractivity contribution in [1.82, 2.24) is 20.1 Å². The van der Waals surface area contributed by atoms with Gasteiger partial charge >= 0.3 is 12.1 Å². The van der Waals surface area contributed by atoms with Crippen LogP contribution in [0.2, 0.25) is 0 Å². The Balaban J connectivity index is 1.37. The van der Waals surface area contributed by atoms with Crippen molar-refractivity contribution in [3.8, 4) is 11.8 Å². The van der Waals surface area contributed by atoms with Crippen LogP contribution in [-0.2, 0) is 19.2 Å². The summed E-state index contributed by atoms with van der Waals surface area (Å²) in [5, 5.41) is 14.4. The monoisotopic (exact) mass is 562 g/mol. The Morgan fingerprint density at radius 2 is 1.95 bits per heavy atom. The van der Waals surface area contributed by atoms with Crippen LogP contribution in [0.25, 0.3) is 0 Å². The maximum Gasteiger partial charge on any atom is 0.471 e. The van der Waals surface area contributed by atoms with Gasteiger partial charge in [0.05, 0.1) is 12.6 Å². The summed E-state index contributed by atoms with van der Waals surface area (Å²) in [6.45, 7) is -0.260. The maximum atomic E-state index is 14.0. The van der Waals surface area contributed by atoms with Crippen molar-refractivity contribution in [2.75, 3.05) is 18.9 Å². The molecule has 4 amide bonds. The molecule has 2 N–H and O–H groups in total. The maximum absolute atomic E-state index is 14.0. The molecule has 5 rings (SSSR count). The highest BCUT2D eigenvalue weighted by atomic mass is 19.4. The van der Waals surface area contributed by atoms with Gasteiger partial charge in [-0.3, -0.25) is 19.2 Å². The van der Waals surface area contributed by atoms with Crippen LogP contribution in [0.5, 0.6) is 5.75 Å². The molecule has 2 saturated carbocycles. The molecule has 1 saturated heterocycles. The number of amides is 4. The number of aromatic nitrogens is 1. The number of carbonyl (C=O) groups excluding carboxylic acids is 4. The van der Waals surface area contributed by atoms with Crippen LogP contribution in [0.3, 0.4) is 0 Å². The molecule has 0 aromatic carbocycles. The highest BCUT2D eigenvalue weighted by molar-refractivity contribution is 6.01. The minimum atomic E-state index is -5.16. The number of rotatable bonds is 8. The van der Waals surface area contributed by atoms with E-state index in [0.29, 0.717) is 5.75 Å². The number of ether oxygens (including phenoxy) is 1. The van der Waals surface area contributed by atoms with Crippen molar-refractivity contribution in [3.05, 3.63) is 18.3 Å². The average molecular weight is 563 g/mol. The van der Waals surface area contributed by atoms with Gasteiger partial charge in [-0.15, -0.1) is 0 Å². The van der Waals surface area contributed by atoms with E-state index in [9.17, 15) is 37.6 Å². The lowest BCUT2D eigenvalue weighted by Crippen LogP contribution is -2.58. The molecule has 3 fully saturated rings. The third-order valence-electron chi connectivity index (χ3n) is 7.96. The third kappa shape index (κ3) is 5.55. The molecular formula is C26H29F3N6O5. The first-order valence-corrected chi connectivity index (χ1v) is 13.2. The first-order valence-electron chi connectivity index (χ1n) is 13.2. The van der Waals surface area contributed by atoms with Crippen molar-refractivity contribution < 1.29 is 37.1 Å². The van der Waals surface area contributed by atoms with Crippen molar-refractivity contribution in [2.45, 2.75) is 74.8 Å². The number of carbonyl (C=O) groups is 4. The Hall–Kier alpha value is -3.89. The number of fused-ring (bicyclic) bond motifs is 1. The van der Waals surface area contributed by atoms with Gasteiger partial charge < -0.3 is 25.2 Å². The lowest BCUT2D eigenvalue weighted by atomic mass is 9.97. The first kappa shape index (κ1) is 27.7. The van der Waals surface area contributed by atoms with Gasteiger partial charge in [0, 0.05) is 19.7 Å². The Kier molecular flexibility index (Phi) is 7.09. The molecule has 3 heterocycles. The lowest BCUT2D eigenvalue weighted by molar-refractivity contribution is -0.175. The van der Waals surface area contributed by atoms with Gasteiger partial charge in [0.15, 0.2) is 11.6 Å². The smallest absolute Gasteiger partial charge is 0.471 e. The summed E-state index contributed by atoms with van der Waals surface area (Å²) in [5.74, 6) is -3.55. The van der Waals surface area contributed by atoms with Crippen molar-refractivity contribution in [3.63, 3.8) is 0 Å². The summed E-state index contributed by atoms with van der Waals surface area (Å²) in [7, 11) is 1.33. The molecule has 14 heteroatoms. The van der Waals surface area contributed by atoms with E-state index in [1.165, 1.54) is 18.1 Å². The van der Waals surface area contributed by atoms with Crippen LogP contribution < -0.4 is 15.4 Å². The fourth-order valence-electron chi connectivity index (χ4n) is 5.34. The highest BCUT2D eigenvalue weighted by Gasteiger charge is 2.57. The van der Waals surface area contributed by atoms with Gasteiger partial charge in [0.2, 0.25) is 17.4 Å². The molecular weight excluding hydrogens is 533 g/mol. The number of anilines is 1. The number of nitrogens with one attached hydrogen (secondary N) is 2. The van der Waals surface area contributed by atoms with Crippen LogP contribution in [0, 0.1) is 23.2 Å². The standard InChI is InChI=1S/C26H29F3N6O5/c1-34(21(36)17(9-14-4-5-14)32-24(39)26(27,28)29)18(10-15-6-7-15)22(37)35-13-25(11-16(35)12-30)23(38)33-20-19(40-25)3-2-8-31-20/h2-3,8,14-18H,4-7,9-11,13H2,1H3,(H,32,39)(H,31,33,38)/t16-,17+,18-,25+/m0/s1. The number of hydrogen-bond donors (Lipinski definition) is 2. The van der Waals surface area contributed by atoms with Crippen molar-refractivity contribution in [2.24, 2.45) is 11.8 Å². The van der Waals surface area contributed by atoms with Crippen LogP contribution >= 0.6 is 0 Å². The number of nitrogens with zero attached hydrogens (tertiary/aromatic N) is 4. The summed E-state index contributed by atoms with van der Waals surface area (Å²) in [5.41, 5.74) is -1.55. The Labute approximate surface area is 228 Å². The zero-order chi connectivity index (χ0) is 28.8. The predicted octanol–water partition coefficient (Wildman–Crippen LogP) is 1.75. The number of likely N-dealkylation sites (tertiary alicyclic amines) is 1. The number of nitriles is 1. The first-order chi connectivity index (χ1) is 18.9. The van der Waals surface area contributed by atoms with E-state index in [-0.39, 0.29) is 43.5 Å². The molecule has 0 unspecified atom stereocenters. The molecule has 2 aliphatic carbocycles. The van der Waals surface area contributed by atoms with E-state index in [1.807, 2.05) is 11.4 Å². The quantitative estimate of drug-likeness (QED) is 0.491. The normalized spacial score (nSPS) is 25.2. The minimum absolute atomic E-state index is 0.00852. The average Bonchev–Trinajstić information content (AvgIpc) is 3.85. The van der Waals surface area contributed by atoms with E-state index >= 15 is 0 Å². The fourth-order valence-corrected chi connectivity index (χ4v) is 5.34. The zero-order valence-corrected chi connectivity index (χ0v) is 21.7. The highest BCUT2D eigenvalue weighted by Crippen LogP contribution is 2.41. The SMILES string of the molecule is CN(C(=O)[C@@H](CC1CC1)NC(=O)C(F)(F)F)[C@@H](CC1CC1)C(=O)N1C[C@@]2(C[C@H]1C#N)Oc1cccnc1NC2=O. The molecule has 0 bridgehead atoms. The topological polar surface area (TPSA) is 145 Å². The summed E-state index contributed by atoms with van der Waals surface area (Å²) < 4.78 is 45.0. The van der Waals surface area contributed by atoms with Gasteiger partial charge in [-0.25, -0.2) is 4.98 Å². The van der Waals surface area contributed by atoms with Gasteiger partial charge in [0.1, 0.15) is 18.1 Å². The van der Waals surface area contributed by atoms with Gasteiger partial charge in [-0.1, -0.05) is 25.7 Å². The van der Waals surface area contributed by atoms with Crippen LogP contribution in [0.15, 0.2) is 18.3 Å². The Morgan fingerprint density at radius 3 is 2.58 bits per heavy atom. The molecule has 1 aromatic heterocycles. The van der Waals surface area contributed by atoms with Gasteiger partial charge in [0.25, 0.3) is 5.91 Å². The summed E-state index contributed by atoms with van der Waals surface area (Å²) >= 11 is 0. The van der Waals surface area contributed by atoms with Crippen LogP contribution in [-0.4, -0.2) is 81.9 Å². The van der Waals surface area contributed by atoms with E-state index < -0.39 is 53.5 Å². The van der Waals surface area contributed by atoms with Gasteiger partial charge in [-0.2, -0.15) is 18.4 Å². The molecule has 4 atom stereocenters. The second-order valence-electron chi connectivity index (χ2n) is 11.1. The molecule has 214 valence electrons. The number of hydrogen-bond acceptors (Lipinski definition) is 7. The number of likely N-dealkylation sites (N-methyl/N-ethyl adjacent to an activating group) is 1. The van der Waals surface area contributed by atoms with Crippen molar-refractivity contribution in [1.29, 1.82) is 5.26 Å². The van der Waals surface area contributed by atoms with E-state index in [0.717, 1.165) is 30.6 Å². The largest absolute Gasteiger partial charge is 0.472 e. The molecule has 1 aromatic rings. The lowest BCUT2D eigenvalue weighted by Gasteiger charge is -2.35. The second kappa shape index (κ2) is 10.3. The summed E-state index contributed by atoms with van der Waals surface area (Å²) in [6, 6.07) is 1.67. The predicted molar refractivity (Wildman–Crippen MR) is 131 cm³/mol. The molecule has 2 aliphatic heterocycles. The molecule has 40 heavy (non-hydrogen) atoms. The molecule has 1 spiro atoms. The molecule has 11 nitrogen and oxygen atoms in total. The van der Waals surface area contributed by atoms with Crippen LogP contribution in [0.1, 0.15) is 44.9 Å². The zero-order valence-electron chi connectivity index (χ0n) is 21.7. The summed E-state index contributed by atoms with van der Waals surface area (Å²) in [4.78, 5) is 58.6. The van der Waals surface area contributed by atoms with Crippen LogP contribution in [0.4, 0.5) is 19.0 Å². The molecule has 0 radical (unpaired) electrons. The number of pyridine rings is 1.